The molecule has 0 spiro atoms. The number of fused-ring (bicyclic) bond motifs is 1. The number of nitrogens with zero attached hydrogens (tertiary/aromatic N) is 1. The molecule has 2 aliphatic rings. The van der Waals surface area contributed by atoms with Gasteiger partial charge in [0.2, 0.25) is 15.9 Å². The lowest BCUT2D eigenvalue weighted by molar-refractivity contribution is -0.116. The van der Waals surface area contributed by atoms with Crippen molar-refractivity contribution >= 4 is 27.5 Å². The van der Waals surface area contributed by atoms with Gasteiger partial charge < -0.3 is 15.4 Å². The van der Waals surface area contributed by atoms with E-state index in [4.69, 9.17) is 4.74 Å². The molecule has 0 saturated carbocycles. The predicted molar refractivity (Wildman–Crippen MR) is 111 cm³/mol. The number of carbonyl (C=O) groups is 2. The molecule has 2 amide bonds. The van der Waals surface area contributed by atoms with Gasteiger partial charge in [-0.15, -0.1) is 0 Å². The first-order valence-corrected chi connectivity index (χ1v) is 11.3. The summed E-state index contributed by atoms with van der Waals surface area (Å²) in [6.07, 6.45) is 0.730. The van der Waals surface area contributed by atoms with E-state index in [0.717, 1.165) is 11.1 Å². The van der Waals surface area contributed by atoms with E-state index in [0.29, 0.717) is 50.5 Å². The number of morpholine rings is 1. The van der Waals surface area contributed by atoms with Crippen molar-refractivity contribution in [1.82, 2.24) is 9.62 Å². The summed E-state index contributed by atoms with van der Waals surface area (Å²) in [7, 11) is -3.52. The number of anilines is 1. The normalized spacial score (nSPS) is 16.7. The van der Waals surface area contributed by atoms with Gasteiger partial charge >= 0.3 is 0 Å². The third-order valence-corrected chi connectivity index (χ3v) is 7.16. The van der Waals surface area contributed by atoms with E-state index in [1.54, 1.807) is 36.4 Å². The monoisotopic (exact) mass is 429 g/mol. The number of ether oxygens (including phenoxy) is 1. The molecule has 2 aliphatic heterocycles. The van der Waals surface area contributed by atoms with E-state index >= 15 is 0 Å². The summed E-state index contributed by atoms with van der Waals surface area (Å²) >= 11 is 0. The van der Waals surface area contributed by atoms with Gasteiger partial charge in [0.15, 0.2) is 0 Å². The Morgan fingerprint density at radius 3 is 2.57 bits per heavy atom. The van der Waals surface area contributed by atoms with Crippen LogP contribution in [0.4, 0.5) is 5.69 Å². The third-order valence-electron chi connectivity index (χ3n) is 5.25. The van der Waals surface area contributed by atoms with E-state index in [-0.39, 0.29) is 23.1 Å². The molecule has 0 bridgehead atoms. The summed E-state index contributed by atoms with van der Waals surface area (Å²) < 4.78 is 31.9. The van der Waals surface area contributed by atoms with Crippen LogP contribution in [0.3, 0.4) is 0 Å². The lowest BCUT2D eigenvalue weighted by Gasteiger charge is -2.26. The first kappa shape index (κ1) is 20.5. The van der Waals surface area contributed by atoms with Crippen LogP contribution in [0.5, 0.6) is 0 Å². The molecular weight excluding hydrogens is 406 g/mol. The van der Waals surface area contributed by atoms with E-state index < -0.39 is 10.0 Å². The number of amides is 2. The van der Waals surface area contributed by atoms with E-state index in [1.807, 2.05) is 6.07 Å². The minimum atomic E-state index is -3.52. The summed E-state index contributed by atoms with van der Waals surface area (Å²) in [5.41, 5.74) is 2.97. The molecule has 1 saturated heterocycles. The molecule has 9 heteroatoms. The fourth-order valence-electron chi connectivity index (χ4n) is 3.54. The Morgan fingerprint density at radius 1 is 1.10 bits per heavy atom. The summed E-state index contributed by atoms with van der Waals surface area (Å²) in [4.78, 5) is 24.3. The van der Waals surface area contributed by atoms with Crippen LogP contribution in [-0.2, 0) is 32.5 Å². The molecule has 8 nitrogen and oxygen atoms in total. The largest absolute Gasteiger partial charge is 0.379 e. The van der Waals surface area contributed by atoms with Gasteiger partial charge in [0.1, 0.15) is 0 Å². The maximum Gasteiger partial charge on any atom is 0.251 e. The Labute approximate surface area is 175 Å². The van der Waals surface area contributed by atoms with Crippen molar-refractivity contribution in [2.75, 3.05) is 31.6 Å². The molecule has 2 heterocycles. The van der Waals surface area contributed by atoms with E-state index in [1.165, 1.54) is 4.31 Å². The third kappa shape index (κ3) is 4.38. The van der Waals surface area contributed by atoms with Crippen molar-refractivity contribution in [1.29, 1.82) is 0 Å². The van der Waals surface area contributed by atoms with Gasteiger partial charge in [0.05, 0.1) is 18.1 Å². The van der Waals surface area contributed by atoms with E-state index in [2.05, 4.69) is 10.6 Å². The standard InChI is InChI=1S/C21H23N3O5S/c25-20(23-17-5-4-16-14-22-21(26)19(16)13-17)8-3-15-1-6-18(7-2-15)30(27,28)24-9-11-29-12-10-24/h1-2,4-7,13H,3,8-12,14H2,(H,22,26)(H,23,25). The van der Waals surface area contributed by atoms with Crippen molar-refractivity contribution in [2.24, 2.45) is 0 Å². The second kappa shape index (κ2) is 8.55. The van der Waals surface area contributed by atoms with Crippen LogP contribution < -0.4 is 10.6 Å². The van der Waals surface area contributed by atoms with Gasteiger partial charge in [-0.3, -0.25) is 9.59 Å². The second-order valence-corrected chi connectivity index (χ2v) is 9.20. The number of sulfonamides is 1. The molecule has 1 fully saturated rings. The van der Waals surface area contributed by atoms with Crippen LogP contribution in [0.2, 0.25) is 0 Å². The van der Waals surface area contributed by atoms with Crippen molar-refractivity contribution in [3.63, 3.8) is 0 Å². The molecule has 2 aromatic rings. The molecular formula is C21H23N3O5S. The molecule has 0 unspecified atom stereocenters. The van der Waals surface area contributed by atoms with Crippen molar-refractivity contribution in [3.05, 3.63) is 59.2 Å². The van der Waals surface area contributed by atoms with Crippen LogP contribution in [0.15, 0.2) is 47.4 Å². The minimum Gasteiger partial charge on any atom is -0.379 e. The van der Waals surface area contributed by atoms with Crippen molar-refractivity contribution in [2.45, 2.75) is 24.3 Å². The fourth-order valence-corrected chi connectivity index (χ4v) is 4.94. The zero-order chi connectivity index (χ0) is 21.1. The smallest absolute Gasteiger partial charge is 0.251 e. The van der Waals surface area contributed by atoms with Gasteiger partial charge in [-0.05, 0) is 41.8 Å². The topological polar surface area (TPSA) is 105 Å². The summed E-state index contributed by atoms with van der Waals surface area (Å²) in [6, 6.07) is 11.9. The summed E-state index contributed by atoms with van der Waals surface area (Å²) in [5.74, 6) is -0.299. The Balaban J connectivity index is 1.33. The van der Waals surface area contributed by atoms with Crippen LogP contribution in [0.1, 0.15) is 27.9 Å². The molecule has 0 aromatic heterocycles. The van der Waals surface area contributed by atoms with Crippen LogP contribution >= 0.6 is 0 Å². The Kier molecular flexibility index (Phi) is 5.85. The highest BCUT2D eigenvalue weighted by Crippen LogP contribution is 2.21. The molecule has 0 radical (unpaired) electrons. The molecule has 158 valence electrons. The minimum absolute atomic E-state index is 0.131. The maximum atomic E-state index is 12.6. The number of nitrogens with one attached hydrogen (secondary N) is 2. The highest BCUT2D eigenvalue weighted by Gasteiger charge is 2.26. The van der Waals surface area contributed by atoms with Gasteiger partial charge in [0.25, 0.3) is 5.91 Å². The van der Waals surface area contributed by atoms with Crippen LogP contribution in [0.25, 0.3) is 0 Å². The number of aryl methyl sites for hydroxylation is 1. The average Bonchev–Trinajstić information content (AvgIpc) is 3.13. The molecule has 2 N–H and O–H groups in total. The summed E-state index contributed by atoms with van der Waals surface area (Å²) in [6.45, 7) is 2.03. The summed E-state index contributed by atoms with van der Waals surface area (Å²) in [5, 5.41) is 5.55. The molecule has 0 atom stereocenters. The highest BCUT2D eigenvalue weighted by atomic mass is 32.2. The molecule has 0 aliphatic carbocycles. The number of benzene rings is 2. The van der Waals surface area contributed by atoms with Gasteiger partial charge in [-0.25, -0.2) is 8.42 Å². The van der Waals surface area contributed by atoms with Gasteiger partial charge in [-0.2, -0.15) is 4.31 Å². The van der Waals surface area contributed by atoms with Gasteiger partial charge in [0, 0.05) is 37.3 Å². The Morgan fingerprint density at radius 2 is 1.83 bits per heavy atom. The SMILES string of the molecule is O=C(CCc1ccc(S(=O)(=O)N2CCOCC2)cc1)Nc1ccc2c(c1)C(=O)NC2. The molecule has 30 heavy (non-hydrogen) atoms. The number of hydrogen-bond acceptors (Lipinski definition) is 5. The quantitative estimate of drug-likeness (QED) is 0.725. The number of rotatable bonds is 6. The number of carbonyl (C=O) groups excluding carboxylic acids is 2. The van der Waals surface area contributed by atoms with Crippen LogP contribution in [-0.4, -0.2) is 50.8 Å². The van der Waals surface area contributed by atoms with Crippen LogP contribution in [0, 0.1) is 0 Å². The molecule has 4 rings (SSSR count). The maximum absolute atomic E-state index is 12.6. The molecule has 2 aromatic carbocycles. The lowest BCUT2D eigenvalue weighted by Crippen LogP contribution is -2.40. The zero-order valence-electron chi connectivity index (χ0n) is 16.4. The first-order valence-electron chi connectivity index (χ1n) is 9.81. The fraction of sp³-hybridized carbons (Fsp3) is 0.333. The zero-order valence-corrected chi connectivity index (χ0v) is 17.2. The van der Waals surface area contributed by atoms with Crippen molar-refractivity contribution < 1.29 is 22.7 Å². The van der Waals surface area contributed by atoms with Crippen molar-refractivity contribution in [3.8, 4) is 0 Å². The van der Waals surface area contributed by atoms with E-state index in [9.17, 15) is 18.0 Å². The Bertz CT molecular complexity index is 1060. The second-order valence-electron chi connectivity index (χ2n) is 7.26. The Hall–Kier alpha value is -2.75. The predicted octanol–water partition coefficient (Wildman–Crippen LogP) is 1.52. The highest BCUT2D eigenvalue weighted by molar-refractivity contribution is 7.89. The first-order chi connectivity index (χ1) is 14.4. The number of hydrogen-bond donors (Lipinski definition) is 2. The van der Waals surface area contributed by atoms with Gasteiger partial charge in [-0.1, -0.05) is 18.2 Å². The lowest BCUT2D eigenvalue weighted by atomic mass is 10.1. The average molecular weight is 429 g/mol.